The zero-order chi connectivity index (χ0) is 24.6. The molecule has 0 bridgehead atoms. The summed E-state index contributed by atoms with van der Waals surface area (Å²) in [6, 6.07) is 15.2. The summed E-state index contributed by atoms with van der Waals surface area (Å²) in [5.74, 6) is 1.95. The molecule has 4 heteroatoms. The van der Waals surface area contributed by atoms with Crippen LogP contribution in [0.4, 0.5) is 0 Å². The molecule has 36 heavy (non-hydrogen) atoms. The maximum absolute atomic E-state index is 6.14. The lowest BCUT2D eigenvalue weighted by Gasteiger charge is -2.18. The minimum atomic E-state index is 0.282. The lowest BCUT2D eigenvalue weighted by molar-refractivity contribution is 0.261. The van der Waals surface area contributed by atoms with E-state index in [4.69, 9.17) is 18.9 Å². The second-order valence-corrected chi connectivity index (χ2v) is 10.3. The first-order valence-corrected chi connectivity index (χ1v) is 13.9. The molecule has 2 heterocycles. The van der Waals surface area contributed by atoms with E-state index in [1.807, 2.05) is 0 Å². The second kappa shape index (κ2) is 12.6. The van der Waals surface area contributed by atoms with E-state index in [2.05, 4.69) is 61.5 Å². The van der Waals surface area contributed by atoms with E-state index >= 15 is 0 Å². The number of hydrogen-bond acceptors (Lipinski definition) is 4. The second-order valence-electron chi connectivity index (χ2n) is 10.3. The van der Waals surface area contributed by atoms with Gasteiger partial charge < -0.3 is 18.9 Å². The summed E-state index contributed by atoms with van der Waals surface area (Å²) in [5.41, 5.74) is 6.73. The quantitative estimate of drug-likeness (QED) is 0.193. The highest BCUT2D eigenvalue weighted by Crippen LogP contribution is 2.34. The van der Waals surface area contributed by atoms with Crippen LogP contribution in [0.1, 0.15) is 75.0 Å². The molecule has 2 atom stereocenters. The van der Waals surface area contributed by atoms with Crippen molar-refractivity contribution in [1.82, 2.24) is 0 Å². The van der Waals surface area contributed by atoms with Gasteiger partial charge in [-0.2, -0.15) is 0 Å². The van der Waals surface area contributed by atoms with Gasteiger partial charge >= 0.3 is 0 Å². The fourth-order valence-electron chi connectivity index (χ4n) is 4.80. The number of benzene rings is 2. The van der Waals surface area contributed by atoms with Gasteiger partial charge in [0, 0.05) is 0 Å². The van der Waals surface area contributed by atoms with E-state index in [1.165, 1.54) is 66.4 Å². The largest absolute Gasteiger partial charge is 0.491 e. The Kier molecular flexibility index (Phi) is 8.79. The molecule has 3 aliphatic rings. The molecule has 2 fully saturated rings. The van der Waals surface area contributed by atoms with Gasteiger partial charge in [-0.05, 0) is 77.8 Å². The van der Waals surface area contributed by atoms with E-state index in [-0.39, 0.29) is 12.2 Å². The van der Waals surface area contributed by atoms with Crippen LogP contribution in [0.3, 0.4) is 0 Å². The highest BCUT2D eigenvalue weighted by molar-refractivity contribution is 5.78. The smallest absolute Gasteiger partial charge is 0.122 e. The molecule has 2 aromatic carbocycles. The Morgan fingerprint density at radius 1 is 0.722 bits per heavy atom. The van der Waals surface area contributed by atoms with Crippen LogP contribution in [0, 0.1) is 0 Å². The molecule has 2 aliphatic heterocycles. The molecule has 0 spiro atoms. The molecule has 5 rings (SSSR count). The number of ether oxygens (including phenoxy) is 4. The first-order valence-electron chi connectivity index (χ1n) is 13.9. The molecule has 1 aliphatic carbocycles. The van der Waals surface area contributed by atoms with Crippen LogP contribution in [0.5, 0.6) is 11.5 Å². The van der Waals surface area contributed by atoms with Crippen LogP contribution < -0.4 is 9.47 Å². The van der Waals surface area contributed by atoms with Crippen LogP contribution >= 0.6 is 0 Å². The molecular weight excluding hydrogens is 448 g/mol. The Labute approximate surface area is 216 Å². The van der Waals surface area contributed by atoms with Gasteiger partial charge in [-0.3, -0.25) is 0 Å². The Hall–Kier alpha value is -2.56. The van der Waals surface area contributed by atoms with Crippen molar-refractivity contribution in [2.75, 3.05) is 26.4 Å². The van der Waals surface area contributed by atoms with Crippen LogP contribution in [0.2, 0.25) is 0 Å². The predicted molar refractivity (Wildman–Crippen MR) is 146 cm³/mol. The van der Waals surface area contributed by atoms with Gasteiger partial charge in [-0.25, -0.2) is 0 Å². The van der Waals surface area contributed by atoms with E-state index in [0.717, 1.165) is 44.0 Å². The lowest BCUT2D eigenvalue weighted by atomic mass is 9.89. The first kappa shape index (κ1) is 25.1. The van der Waals surface area contributed by atoms with Gasteiger partial charge in [0.15, 0.2) is 0 Å². The normalized spacial score (nSPS) is 20.5. The summed E-state index contributed by atoms with van der Waals surface area (Å²) in [7, 11) is 0. The van der Waals surface area contributed by atoms with Gasteiger partial charge in [0.25, 0.3) is 0 Å². The predicted octanol–water partition coefficient (Wildman–Crippen LogP) is 7.41. The molecule has 0 N–H and O–H groups in total. The molecule has 2 aromatic rings. The van der Waals surface area contributed by atoms with Gasteiger partial charge in [0.05, 0.1) is 13.2 Å². The summed E-state index contributed by atoms with van der Waals surface area (Å²) in [6.45, 7) is 5.24. The van der Waals surface area contributed by atoms with Crippen LogP contribution in [0.15, 0.2) is 54.6 Å². The topological polar surface area (TPSA) is 43.5 Å². The van der Waals surface area contributed by atoms with Crippen molar-refractivity contribution in [3.8, 4) is 11.5 Å². The number of allylic oxidation sites excluding steroid dienone is 4. The van der Waals surface area contributed by atoms with E-state index in [9.17, 15) is 0 Å². The third-order valence-electron chi connectivity index (χ3n) is 7.27. The van der Waals surface area contributed by atoms with Gasteiger partial charge in [0.1, 0.15) is 36.9 Å². The monoisotopic (exact) mass is 488 g/mol. The van der Waals surface area contributed by atoms with Crippen LogP contribution in [0.25, 0.3) is 11.1 Å². The molecule has 192 valence electrons. The Morgan fingerprint density at radius 3 is 2.00 bits per heavy atom. The molecule has 2 saturated heterocycles. The summed E-state index contributed by atoms with van der Waals surface area (Å²) >= 11 is 0. The fraction of sp³-hybridized carbons (Fsp3) is 0.500. The van der Waals surface area contributed by atoms with Gasteiger partial charge in [-0.1, -0.05) is 69.4 Å². The molecule has 0 amide bonds. The van der Waals surface area contributed by atoms with E-state index in [1.54, 1.807) is 0 Å². The third kappa shape index (κ3) is 7.47. The van der Waals surface area contributed by atoms with E-state index in [0.29, 0.717) is 13.2 Å². The molecule has 4 nitrogen and oxygen atoms in total. The van der Waals surface area contributed by atoms with Crippen molar-refractivity contribution in [3.63, 3.8) is 0 Å². The average Bonchev–Trinajstić information content (AvgIpc) is 3.85. The van der Waals surface area contributed by atoms with Crippen LogP contribution in [-0.2, 0) is 15.9 Å². The zero-order valence-corrected chi connectivity index (χ0v) is 21.7. The minimum Gasteiger partial charge on any atom is -0.491 e. The number of unbranched alkanes of at least 4 members (excludes halogenated alkanes) is 5. The molecule has 0 saturated carbocycles. The maximum atomic E-state index is 6.14. The SMILES string of the molecule is CCCCCCCCc1cc(C2=CC=C(c3ccc(OCC4CO4)cc3)CC2)ccc1OCC1CO1. The summed E-state index contributed by atoms with van der Waals surface area (Å²) in [5, 5.41) is 0. The number of rotatable bonds is 15. The van der Waals surface area contributed by atoms with E-state index < -0.39 is 0 Å². The van der Waals surface area contributed by atoms with Crippen LogP contribution in [-0.4, -0.2) is 38.6 Å². The van der Waals surface area contributed by atoms with Crippen molar-refractivity contribution < 1.29 is 18.9 Å². The Balaban J connectivity index is 1.22. The Bertz CT molecular complexity index is 1040. The average molecular weight is 489 g/mol. The van der Waals surface area contributed by atoms with Crippen molar-refractivity contribution in [2.24, 2.45) is 0 Å². The minimum absolute atomic E-state index is 0.282. The highest BCUT2D eigenvalue weighted by Gasteiger charge is 2.24. The van der Waals surface area contributed by atoms with Crippen molar-refractivity contribution in [1.29, 1.82) is 0 Å². The summed E-state index contributed by atoms with van der Waals surface area (Å²) in [4.78, 5) is 0. The standard InChI is InChI=1S/C32H40O4/c1-2-3-4-5-6-7-8-28-19-27(15-18-32(28)36-23-31-22-35-31)26-11-9-24(10-12-26)25-13-16-29(17-14-25)33-20-30-21-34-30/h9,11,13-19,30-31H,2-8,10,12,20-23H2,1H3. The lowest BCUT2D eigenvalue weighted by Crippen LogP contribution is -2.06. The van der Waals surface area contributed by atoms with Gasteiger partial charge in [0.2, 0.25) is 0 Å². The van der Waals surface area contributed by atoms with Crippen molar-refractivity contribution in [2.45, 2.75) is 76.9 Å². The zero-order valence-electron chi connectivity index (χ0n) is 21.7. The van der Waals surface area contributed by atoms with Crippen molar-refractivity contribution in [3.05, 3.63) is 71.3 Å². The van der Waals surface area contributed by atoms with Crippen molar-refractivity contribution >= 4 is 11.1 Å². The Morgan fingerprint density at radius 2 is 1.33 bits per heavy atom. The fourth-order valence-corrected chi connectivity index (χ4v) is 4.80. The summed E-state index contributed by atoms with van der Waals surface area (Å²) in [6.07, 6.45) is 16.2. The van der Waals surface area contributed by atoms with Gasteiger partial charge in [-0.15, -0.1) is 0 Å². The molecular formula is C32H40O4. The number of aryl methyl sites for hydroxylation is 1. The number of hydrogen-bond donors (Lipinski definition) is 0. The highest BCUT2D eigenvalue weighted by atomic mass is 16.6. The molecule has 2 unspecified atom stereocenters. The molecule has 0 aromatic heterocycles. The maximum Gasteiger partial charge on any atom is 0.122 e. The molecule has 0 radical (unpaired) electrons. The summed E-state index contributed by atoms with van der Waals surface area (Å²) < 4.78 is 22.5. The number of epoxide rings is 2. The third-order valence-corrected chi connectivity index (χ3v) is 7.27. The first-order chi connectivity index (χ1) is 17.8.